The molecule has 1 aromatic carbocycles. The third-order valence-electron chi connectivity index (χ3n) is 2.97. The Kier molecular flexibility index (Phi) is 3.43. The Morgan fingerprint density at radius 1 is 1.53 bits per heavy atom. The Morgan fingerprint density at radius 3 is 2.89 bits per heavy atom. The average Bonchev–Trinajstić information content (AvgIpc) is 2.41. The third-order valence-corrected chi connectivity index (χ3v) is 2.97. The molecule has 100 valence electrons. The van der Waals surface area contributed by atoms with E-state index < -0.39 is 16.7 Å². The van der Waals surface area contributed by atoms with Crippen molar-refractivity contribution in [1.29, 1.82) is 0 Å². The van der Waals surface area contributed by atoms with Gasteiger partial charge in [0.15, 0.2) is 0 Å². The summed E-state index contributed by atoms with van der Waals surface area (Å²) >= 11 is 0. The van der Waals surface area contributed by atoms with Crippen LogP contribution in [0.2, 0.25) is 0 Å². The molecule has 0 aromatic heterocycles. The topological polar surface area (TPSA) is 119 Å². The van der Waals surface area contributed by atoms with Crippen LogP contribution < -0.4 is 11.3 Å². The molecule has 8 heteroatoms. The molecule has 1 aliphatic heterocycles. The van der Waals surface area contributed by atoms with Gasteiger partial charge in [0.2, 0.25) is 0 Å². The minimum Gasteiger partial charge on any atom is -0.329 e. The number of carbonyl (C=O) groups is 2. The molecule has 19 heavy (non-hydrogen) atoms. The molecule has 2 amide bonds. The van der Waals surface area contributed by atoms with Crippen LogP contribution in [-0.4, -0.2) is 34.7 Å². The number of nitrogens with one attached hydrogen (secondary N) is 1. The van der Waals surface area contributed by atoms with Crippen LogP contribution in [0.25, 0.3) is 0 Å². The van der Waals surface area contributed by atoms with Gasteiger partial charge >= 0.3 is 0 Å². The van der Waals surface area contributed by atoms with Crippen LogP contribution in [0.3, 0.4) is 0 Å². The summed E-state index contributed by atoms with van der Waals surface area (Å²) in [6, 6.07) is 4.18. The number of rotatable bonds is 3. The first-order valence-electron chi connectivity index (χ1n) is 5.59. The number of hydrogen-bond donors (Lipinski definition) is 2. The highest BCUT2D eigenvalue weighted by atomic mass is 16.6. The molecule has 3 N–H and O–H groups in total. The van der Waals surface area contributed by atoms with Crippen molar-refractivity contribution in [2.24, 2.45) is 5.84 Å². The zero-order valence-electron chi connectivity index (χ0n) is 9.96. The number of non-ortho nitro benzene ring substituents is 1. The largest absolute Gasteiger partial charge is 0.329 e. The predicted molar refractivity (Wildman–Crippen MR) is 65.0 cm³/mol. The number of carbonyl (C=O) groups excluding carboxylic acids is 2. The molecule has 0 spiro atoms. The van der Waals surface area contributed by atoms with Gasteiger partial charge in [-0.1, -0.05) is 6.07 Å². The van der Waals surface area contributed by atoms with E-state index in [2.05, 4.69) is 0 Å². The van der Waals surface area contributed by atoms with Crippen LogP contribution in [0.4, 0.5) is 5.69 Å². The summed E-state index contributed by atoms with van der Waals surface area (Å²) in [5.41, 5.74) is 2.82. The highest BCUT2D eigenvalue weighted by molar-refractivity contribution is 5.99. The van der Waals surface area contributed by atoms with Gasteiger partial charge in [-0.05, 0) is 12.0 Å². The fraction of sp³-hybridized carbons (Fsp3) is 0.273. The predicted octanol–water partition coefficient (Wildman–Crippen LogP) is -0.417. The minimum atomic E-state index is -0.556. The van der Waals surface area contributed by atoms with Gasteiger partial charge in [0, 0.05) is 24.2 Å². The quantitative estimate of drug-likeness (QED) is 0.333. The normalized spacial score (nSPS) is 13.9. The number of fused-ring (bicyclic) bond motifs is 1. The summed E-state index contributed by atoms with van der Waals surface area (Å²) in [5, 5.41) is 10.7. The van der Waals surface area contributed by atoms with Gasteiger partial charge in [-0.25, -0.2) is 5.84 Å². The number of amides is 2. The summed E-state index contributed by atoms with van der Waals surface area (Å²) in [6.07, 6.45) is 0.552. The Labute approximate surface area is 108 Å². The Bertz CT molecular complexity index is 558. The van der Waals surface area contributed by atoms with E-state index in [0.717, 1.165) is 5.56 Å². The monoisotopic (exact) mass is 264 g/mol. The van der Waals surface area contributed by atoms with Crippen molar-refractivity contribution in [1.82, 2.24) is 10.3 Å². The van der Waals surface area contributed by atoms with Gasteiger partial charge in [0.05, 0.1) is 4.92 Å². The molecule has 1 aliphatic rings. The van der Waals surface area contributed by atoms with Crippen LogP contribution in [0.5, 0.6) is 0 Å². The molecule has 0 saturated heterocycles. The lowest BCUT2D eigenvalue weighted by atomic mass is 9.98. The molecule has 0 unspecified atom stereocenters. The molecular weight excluding hydrogens is 252 g/mol. The first-order chi connectivity index (χ1) is 9.02. The van der Waals surface area contributed by atoms with Gasteiger partial charge in [-0.15, -0.1) is 0 Å². The van der Waals surface area contributed by atoms with E-state index in [-0.39, 0.29) is 17.8 Å². The number of hydrogen-bond acceptors (Lipinski definition) is 5. The Morgan fingerprint density at radius 2 is 2.26 bits per heavy atom. The highest BCUT2D eigenvalue weighted by Crippen LogP contribution is 2.23. The van der Waals surface area contributed by atoms with Crippen molar-refractivity contribution < 1.29 is 14.5 Å². The molecule has 2 rings (SSSR count). The molecule has 1 aromatic rings. The maximum absolute atomic E-state index is 12.1. The van der Waals surface area contributed by atoms with Crippen molar-refractivity contribution >= 4 is 17.5 Å². The van der Waals surface area contributed by atoms with Crippen molar-refractivity contribution in [3.05, 3.63) is 39.4 Å². The summed E-state index contributed by atoms with van der Waals surface area (Å²) < 4.78 is 0. The second-order valence-corrected chi connectivity index (χ2v) is 4.14. The molecule has 1 heterocycles. The fourth-order valence-corrected chi connectivity index (χ4v) is 1.99. The van der Waals surface area contributed by atoms with Crippen LogP contribution in [0.1, 0.15) is 15.9 Å². The fourth-order valence-electron chi connectivity index (χ4n) is 1.99. The zero-order valence-corrected chi connectivity index (χ0v) is 9.96. The average molecular weight is 264 g/mol. The summed E-state index contributed by atoms with van der Waals surface area (Å²) in [5.74, 6) is 4.09. The van der Waals surface area contributed by atoms with Crippen molar-refractivity contribution in [2.75, 3.05) is 13.1 Å². The smallest absolute Gasteiger partial charge is 0.270 e. The van der Waals surface area contributed by atoms with Crippen molar-refractivity contribution in [2.45, 2.75) is 6.42 Å². The van der Waals surface area contributed by atoms with E-state index in [4.69, 9.17) is 5.84 Å². The molecule has 0 fully saturated rings. The lowest BCUT2D eigenvalue weighted by Crippen LogP contribution is -2.45. The molecule has 0 bridgehead atoms. The number of nitro groups is 1. The van der Waals surface area contributed by atoms with E-state index in [1.54, 1.807) is 6.07 Å². The number of nitrogens with two attached hydrogens (primary N) is 1. The van der Waals surface area contributed by atoms with Gasteiger partial charge in [-0.2, -0.15) is 0 Å². The summed E-state index contributed by atoms with van der Waals surface area (Å²) in [7, 11) is 0. The van der Waals surface area contributed by atoms with Crippen LogP contribution in [0.15, 0.2) is 18.2 Å². The van der Waals surface area contributed by atoms with Crippen LogP contribution in [-0.2, 0) is 11.2 Å². The van der Waals surface area contributed by atoms with Gasteiger partial charge in [0.25, 0.3) is 17.5 Å². The van der Waals surface area contributed by atoms with Crippen molar-refractivity contribution in [3.8, 4) is 0 Å². The summed E-state index contributed by atoms with van der Waals surface area (Å²) in [4.78, 5) is 34.8. The van der Waals surface area contributed by atoms with Gasteiger partial charge in [0.1, 0.15) is 6.54 Å². The molecule has 0 aliphatic carbocycles. The highest BCUT2D eigenvalue weighted by Gasteiger charge is 2.27. The lowest BCUT2D eigenvalue weighted by molar-refractivity contribution is -0.384. The molecule has 0 atom stereocenters. The first-order valence-corrected chi connectivity index (χ1v) is 5.59. The van der Waals surface area contributed by atoms with E-state index >= 15 is 0 Å². The molecule has 8 nitrogen and oxygen atoms in total. The van der Waals surface area contributed by atoms with E-state index in [0.29, 0.717) is 13.0 Å². The van der Waals surface area contributed by atoms with Crippen LogP contribution >= 0.6 is 0 Å². The van der Waals surface area contributed by atoms with E-state index in [1.165, 1.54) is 17.0 Å². The number of nitrogens with zero attached hydrogens (tertiary/aromatic N) is 2. The molecule has 0 radical (unpaired) electrons. The van der Waals surface area contributed by atoms with Gasteiger partial charge in [-0.3, -0.25) is 25.1 Å². The number of nitro benzene ring substituents is 1. The maximum Gasteiger partial charge on any atom is 0.270 e. The second kappa shape index (κ2) is 5.02. The number of benzene rings is 1. The van der Waals surface area contributed by atoms with E-state index in [1.807, 2.05) is 5.43 Å². The minimum absolute atomic E-state index is 0.141. The van der Waals surface area contributed by atoms with E-state index in [9.17, 15) is 19.7 Å². The Balaban J connectivity index is 2.28. The summed E-state index contributed by atoms with van der Waals surface area (Å²) in [6.45, 7) is 0.231. The first kappa shape index (κ1) is 13.0. The standard InChI is InChI=1S/C11H12N4O4/c12-13-10(16)6-14-4-3-7-1-2-8(15(18)19)5-9(7)11(14)17/h1-2,5H,3-4,6,12H2,(H,13,16). The van der Waals surface area contributed by atoms with Crippen molar-refractivity contribution in [3.63, 3.8) is 0 Å². The number of hydrazine groups is 1. The Hall–Kier alpha value is -2.48. The molecule has 0 saturated carbocycles. The molecular formula is C11H12N4O4. The SMILES string of the molecule is NNC(=O)CN1CCc2ccc([N+](=O)[O-])cc2C1=O. The lowest BCUT2D eigenvalue weighted by Gasteiger charge is -2.27. The van der Waals surface area contributed by atoms with Gasteiger partial charge < -0.3 is 4.90 Å². The van der Waals surface area contributed by atoms with Crippen LogP contribution in [0, 0.1) is 10.1 Å². The zero-order chi connectivity index (χ0) is 14.0. The second-order valence-electron chi connectivity index (χ2n) is 4.14. The third kappa shape index (κ3) is 2.52. The maximum atomic E-state index is 12.1.